The molecule has 1 heterocycles. The van der Waals surface area contributed by atoms with E-state index in [1.807, 2.05) is 5.19 Å². The van der Waals surface area contributed by atoms with Crippen molar-refractivity contribution in [3.63, 3.8) is 0 Å². The van der Waals surface area contributed by atoms with E-state index < -0.39 is 38.4 Å². The van der Waals surface area contributed by atoms with Crippen LogP contribution in [0.3, 0.4) is 0 Å². The molecule has 1 aliphatic heterocycles. The molecule has 2 aromatic carbocycles. The summed E-state index contributed by atoms with van der Waals surface area (Å²) >= 11 is -0.641. The summed E-state index contributed by atoms with van der Waals surface area (Å²) in [5.41, 5.74) is 6.55. The summed E-state index contributed by atoms with van der Waals surface area (Å²) in [7, 11) is -2.45. The maximum Gasteiger partial charge on any atom is -1.00 e. The molecule has 5 rings (SSSR count). The Bertz CT molecular complexity index is 976. The summed E-state index contributed by atoms with van der Waals surface area (Å²) in [6, 6.07) is 14.3. The van der Waals surface area contributed by atoms with Gasteiger partial charge in [0.25, 0.3) is 0 Å². The van der Waals surface area contributed by atoms with Crippen molar-refractivity contribution < 1.29 is 48.0 Å². The first-order valence-corrected chi connectivity index (χ1v) is 19.0. The van der Waals surface area contributed by atoms with Crippen molar-refractivity contribution >= 4 is 25.6 Å². The molecule has 1 atom stereocenters. The number of allylic oxidation sites excluding steroid dienone is 4. The molecule has 5 heteroatoms. The van der Waals surface area contributed by atoms with Crippen molar-refractivity contribution in [2.45, 2.75) is 36.2 Å². The molecule has 138 valence electrons. The van der Waals surface area contributed by atoms with E-state index in [9.17, 15) is 0 Å². The molecule has 1 unspecified atom stereocenters. The van der Waals surface area contributed by atoms with Crippen LogP contribution in [0.15, 0.2) is 57.9 Å². The third-order valence-corrected chi connectivity index (χ3v) is 28.9. The molecular formula is C22H24Cl2Si2Zr. The first kappa shape index (κ1) is 21.5. The van der Waals surface area contributed by atoms with Gasteiger partial charge in [-0.15, -0.1) is 0 Å². The van der Waals surface area contributed by atoms with E-state index in [1.165, 1.54) is 12.0 Å². The Morgan fingerprint density at radius 1 is 0.889 bits per heavy atom. The fraction of sp³-hybridized carbons (Fsp3) is 0.273. The van der Waals surface area contributed by atoms with Gasteiger partial charge in [-0.2, -0.15) is 0 Å². The van der Waals surface area contributed by atoms with E-state index in [0.717, 1.165) is 3.63 Å². The molecule has 0 aromatic heterocycles. The monoisotopic (exact) mass is 504 g/mol. The van der Waals surface area contributed by atoms with Gasteiger partial charge in [0.1, 0.15) is 0 Å². The van der Waals surface area contributed by atoms with Gasteiger partial charge < -0.3 is 24.8 Å². The molecule has 3 aliphatic rings. The molecule has 2 aromatic rings. The number of rotatable bonds is 2. The third-order valence-electron chi connectivity index (χ3n) is 7.06. The van der Waals surface area contributed by atoms with Crippen molar-refractivity contribution in [1.82, 2.24) is 0 Å². The van der Waals surface area contributed by atoms with Gasteiger partial charge in [-0.25, -0.2) is 0 Å². The van der Waals surface area contributed by atoms with Crippen LogP contribution in [0.25, 0.3) is 11.1 Å². The predicted octanol–water partition coefficient (Wildman–Crippen LogP) is -1.39. The minimum absolute atomic E-state index is 0. The fourth-order valence-electron chi connectivity index (χ4n) is 4.97. The van der Waals surface area contributed by atoms with Crippen LogP contribution in [0, 0.1) is 0 Å². The molecular weight excluding hydrogens is 483 g/mol. The van der Waals surface area contributed by atoms with Crippen LogP contribution in [0.1, 0.15) is 21.2 Å². The normalized spacial score (nSPS) is 21.5. The first-order valence-electron chi connectivity index (χ1n) is 9.32. The topological polar surface area (TPSA) is 0 Å². The summed E-state index contributed by atoms with van der Waals surface area (Å²) in [4.78, 5) is 0. The maximum atomic E-state index is 2.66. The zero-order chi connectivity index (χ0) is 17.4. The molecule has 0 amide bonds. The Labute approximate surface area is 188 Å². The van der Waals surface area contributed by atoms with Gasteiger partial charge in [-0.1, -0.05) is 0 Å². The van der Waals surface area contributed by atoms with Crippen LogP contribution >= 0.6 is 0 Å². The fourth-order valence-corrected chi connectivity index (χ4v) is 20.0. The number of fused-ring (bicyclic) bond motifs is 5. The van der Waals surface area contributed by atoms with E-state index in [-0.39, 0.29) is 24.8 Å². The van der Waals surface area contributed by atoms with Crippen LogP contribution in [0.5, 0.6) is 0 Å². The zero-order valence-corrected chi connectivity index (χ0v) is 22.2. The number of hydrogen-bond acceptors (Lipinski definition) is 0. The van der Waals surface area contributed by atoms with Crippen LogP contribution in [0.4, 0.5) is 0 Å². The molecule has 0 fully saturated rings. The van der Waals surface area contributed by atoms with Gasteiger partial charge in [0.05, 0.1) is 0 Å². The Kier molecular flexibility index (Phi) is 5.78. The quantitative estimate of drug-likeness (QED) is 0.441. The van der Waals surface area contributed by atoms with Gasteiger partial charge >= 0.3 is 165 Å². The van der Waals surface area contributed by atoms with Gasteiger partial charge in [0.2, 0.25) is 0 Å². The van der Waals surface area contributed by atoms with Crippen molar-refractivity contribution in [3.05, 3.63) is 69.0 Å². The van der Waals surface area contributed by atoms with E-state index >= 15 is 0 Å². The van der Waals surface area contributed by atoms with Crippen molar-refractivity contribution in [2.24, 2.45) is 0 Å². The number of hydrogen-bond donors (Lipinski definition) is 0. The van der Waals surface area contributed by atoms with Crippen LogP contribution in [-0.2, 0) is 23.2 Å². The summed E-state index contributed by atoms with van der Waals surface area (Å²) in [6.45, 7) is 10.6. The van der Waals surface area contributed by atoms with Crippen LogP contribution in [-0.4, -0.2) is 15.2 Å². The van der Waals surface area contributed by atoms with Crippen LogP contribution < -0.4 is 35.2 Å². The van der Waals surface area contributed by atoms with E-state index in [1.54, 1.807) is 25.2 Å². The minimum atomic E-state index is -1.26. The second kappa shape index (κ2) is 7.25. The van der Waals surface area contributed by atoms with Gasteiger partial charge in [-0.05, 0) is 0 Å². The molecule has 0 bridgehead atoms. The summed E-state index contributed by atoms with van der Waals surface area (Å²) < 4.78 is 2.51. The number of benzene rings is 2. The largest absolute Gasteiger partial charge is 1.00 e. The smallest absolute Gasteiger partial charge is 1.00 e. The summed E-state index contributed by atoms with van der Waals surface area (Å²) in [6.07, 6.45) is 8.26. The van der Waals surface area contributed by atoms with Crippen molar-refractivity contribution in [1.29, 1.82) is 0 Å². The molecule has 0 N–H and O–H groups in total. The van der Waals surface area contributed by atoms with Gasteiger partial charge in [-0.3, -0.25) is 0 Å². The average Bonchev–Trinajstić information content (AvgIpc) is 3.21. The molecule has 0 nitrogen and oxygen atoms in total. The van der Waals surface area contributed by atoms with Crippen molar-refractivity contribution in [3.8, 4) is 11.1 Å². The molecule has 0 radical (unpaired) electrons. The maximum absolute atomic E-state index is 2.66. The molecule has 2 aliphatic carbocycles. The van der Waals surface area contributed by atoms with Gasteiger partial charge in [0, 0.05) is 0 Å². The van der Waals surface area contributed by atoms with E-state index in [2.05, 4.69) is 80.8 Å². The third kappa shape index (κ3) is 2.84. The van der Waals surface area contributed by atoms with Crippen LogP contribution in [0.2, 0.25) is 26.2 Å². The summed E-state index contributed by atoms with van der Waals surface area (Å²) in [5, 5.41) is 3.66. The zero-order valence-electron chi connectivity index (χ0n) is 16.2. The molecule has 0 saturated carbocycles. The van der Waals surface area contributed by atoms with Crippen molar-refractivity contribution in [2.75, 3.05) is 0 Å². The Balaban J connectivity index is 0.00000105. The number of halogens is 2. The van der Waals surface area contributed by atoms with E-state index in [0.29, 0.717) is 0 Å². The Morgan fingerprint density at radius 3 is 2.33 bits per heavy atom. The minimum Gasteiger partial charge on any atom is -1.00 e. The first-order chi connectivity index (χ1) is 11.9. The Morgan fingerprint density at radius 2 is 1.63 bits per heavy atom. The predicted molar refractivity (Wildman–Crippen MR) is 110 cm³/mol. The molecule has 0 spiro atoms. The standard InChI is InChI=1S/C17H19Si2.C5H5.2ClH.Zr/c1-18(2)16-10-9-14-13-8-6-5-7-12(13)11-15(14)17(16)19(18,3)4;1-2-4-5-3-1;;;/h5-11H,1-4H3;1-3H,4H2;2*1H;/q;;;;+2/p-2. The van der Waals surface area contributed by atoms with E-state index in [4.69, 9.17) is 0 Å². The average molecular weight is 507 g/mol. The molecule has 0 saturated heterocycles. The Hall–Kier alpha value is -0.183. The second-order valence-electron chi connectivity index (χ2n) is 8.69. The molecule has 27 heavy (non-hydrogen) atoms. The second-order valence-corrected chi connectivity index (χ2v) is 27.4. The summed E-state index contributed by atoms with van der Waals surface area (Å²) in [5.74, 6) is 0. The van der Waals surface area contributed by atoms with Gasteiger partial charge in [0.15, 0.2) is 0 Å². The SMILES string of the molecule is C[Si]1(C)c2ccc3c(c2[Si]1(C)C)[CH]([Zr+2][C]1=CC=CC1)c1ccccc1-3.[Cl-].[Cl-].